The fourth-order valence-corrected chi connectivity index (χ4v) is 2.83. The number of methoxy groups -OCH3 is 1. The number of phenolic OH excluding ortho intramolecular Hbond substituents is 2. The average Bonchev–Trinajstić information content (AvgIpc) is 2.69. The average molecular weight is 380 g/mol. The number of benzene rings is 3. The molecule has 0 heterocycles. The SMILES string of the molecule is COc1ccc(-c2ccccc2)cc1NC(=S)NCc1ccc(O)c(O)c1. The second-order valence-electron chi connectivity index (χ2n) is 5.91. The van der Waals surface area contributed by atoms with E-state index in [2.05, 4.69) is 10.6 Å². The van der Waals surface area contributed by atoms with Gasteiger partial charge in [0.15, 0.2) is 16.6 Å². The molecule has 0 bridgehead atoms. The zero-order chi connectivity index (χ0) is 19.2. The Bertz CT molecular complexity index is 945. The minimum Gasteiger partial charge on any atom is -0.504 e. The molecule has 4 N–H and O–H groups in total. The molecule has 0 saturated carbocycles. The molecule has 3 aromatic rings. The summed E-state index contributed by atoms with van der Waals surface area (Å²) >= 11 is 5.37. The first kappa shape index (κ1) is 18.5. The van der Waals surface area contributed by atoms with Crippen LogP contribution in [-0.4, -0.2) is 22.4 Å². The molecule has 138 valence electrons. The highest BCUT2D eigenvalue weighted by Crippen LogP contribution is 2.30. The van der Waals surface area contributed by atoms with E-state index in [1.165, 1.54) is 12.1 Å². The quantitative estimate of drug-likeness (QED) is 0.392. The molecule has 0 aliphatic rings. The summed E-state index contributed by atoms with van der Waals surface area (Å²) in [6.45, 7) is 0.403. The summed E-state index contributed by atoms with van der Waals surface area (Å²) in [7, 11) is 1.61. The van der Waals surface area contributed by atoms with Gasteiger partial charge in [0.1, 0.15) is 5.75 Å². The third-order valence-corrected chi connectivity index (χ3v) is 4.29. The highest BCUT2D eigenvalue weighted by atomic mass is 32.1. The lowest BCUT2D eigenvalue weighted by molar-refractivity contribution is 0.403. The van der Waals surface area contributed by atoms with E-state index < -0.39 is 0 Å². The molecule has 0 radical (unpaired) electrons. The van der Waals surface area contributed by atoms with Crippen molar-refractivity contribution >= 4 is 23.0 Å². The van der Waals surface area contributed by atoms with Crippen LogP contribution in [0.4, 0.5) is 5.69 Å². The lowest BCUT2D eigenvalue weighted by atomic mass is 10.0. The van der Waals surface area contributed by atoms with Crippen molar-refractivity contribution in [2.45, 2.75) is 6.54 Å². The van der Waals surface area contributed by atoms with Gasteiger partial charge in [-0.05, 0) is 53.2 Å². The highest BCUT2D eigenvalue weighted by molar-refractivity contribution is 7.80. The van der Waals surface area contributed by atoms with Gasteiger partial charge in [-0.15, -0.1) is 0 Å². The van der Waals surface area contributed by atoms with Gasteiger partial charge in [0.25, 0.3) is 0 Å². The van der Waals surface area contributed by atoms with Gasteiger partial charge in [-0.2, -0.15) is 0 Å². The molecule has 0 fully saturated rings. The second-order valence-corrected chi connectivity index (χ2v) is 6.32. The van der Waals surface area contributed by atoms with Crippen molar-refractivity contribution < 1.29 is 14.9 Å². The first-order valence-electron chi connectivity index (χ1n) is 8.36. The van der Waals surface area contributed by atoms with Crippen LogP contribution < -0.4 is 15.4 Å². The van der Waals surface area contributed by atoms with Crippen molar-refractivity contribution in [1.29, 1.82) is 0 Å². The first-order valence-corrected chi connectivity index (χ1v) is 8.77. The van der Waals surface area contributed by atoms with E-state index in [9.17, 15) is 10.2 Å². The molecule has 3 rings (SSSR count). The summed E-state index contributed by atoms with van der Waals surface area (Å²) in [5.41, 5.74) is 3.69. The van der Waals surface area contributed by atoms with E-state index in [-0.39, 0.29) is 11.5 Å². The van der Waals surface area contributed by atoms with E-state index in [1.54, 1.807) is 13.2 Å². The maximum atomic E-state index is 9.56. The number of thiocarbonyl (C=S) groups is 1. The fourth-order valence-electron chi connectivity index (χ4n) is 2.64. The molecule has 6 heteroatoms. The molecular formula is C21H20N2O3S. The van der Waals surface area contributed by atoms with Gasteiger partial charge in [-0.3, -0.25) is 0 Å². The van der Waals surface area contributed by atoms with Crippen molar-refractivity contribution in [1.82, 2.24) is 5.32 Å². The van der Waals surface area contributed by atoms with E-state index in [4.69, 9.17) is 17.0 Å². The van der Waals surface area contributed by atoms with E-state index in [0.29, 0.717) is 17.4 Å². The molecule has 0 aromatic heterocycles. The molecule has 0 spiro atoms. The van der Waals surface area contributed by atoms with E-state index >= 15 is 0 Å². The zero-order valence-electron chi connectivity index (χ0n) is 14.8. The third-order valence-electron chi connectivity index (χ3n) is 4.05. The molecule has 0 amide bonds. The second kappa shape index (κ2) is 8.42. The Morgan fingerprint density at radius 2 is 1.70 bits per heavy atom. The predicted octanol–water partition coefficient (Wildman–Crippen LogP) is 4.26. The normalized spacial score (nSPS) is 10.3. The van der Waals surface area contributed by atoms with E-state index in [0.717, 1.165) is 22.4 Å². The molecule has 0 saturated heterocycles. The van der Waals surface area contributed by atoms with Crippen LogP contribution in [0.2, 0.25) is 0 Å². The van der Waals surface area contributed by atoms with E-state index in [1.807, 2.05) is 48.5 Å². The Labute approximate surface area is 163 Å². The number of hydrogen-bond acceptors (Lipinski definition) is 4. The third kappa shape index (κ3) is 4.68. The monoisotopic (exact) mass is 380 g/mol. The van der Waals surface area contributed by atoms with Crippen LogP contribution in [0.1, 0.15) is 5.56 Å². The van der Waals surface area contributed by atoms with Gasteiger partial charge in [0.05, 0.1) is 12.8 Å². The molecule has 27 heavy (non-hydrogen) atoms. The standard InChI is InChI=1S/C21H20N2O3S/c1-26-20-10-8-16(15-5-3-2-4-6-15)12-17(20)23-21(27)22-13-14-7-9-18(24)19(25)11-14/h2-12,24-25H,13H2,1H3,(H2,22,23,27). The van der Waals surface area contributed by atoms with Gasteiger partial charge in [0, 0.05) is 6.54 Å². The van der Waals surface area contributed by atoms with Crippen molar-refractivity contribution in [2.24, 2.45) is 0 Å². The zero-order valence-corrected chi connectivity index (χ0v) is 15.6. The molecule has 3 aromatic carbocycles. The summed E-state index contributed by atoms with van der Waals surface area (Å²) in [4.78, 5) is 0. The summed E-state index contributed by atoms with van der Waals surface area (Å²) < 4.78 is 5.42. The number of aromatic hydroxyl groups is 2. The van der Waals surface area contributed by atoms with Crippen LogP contribution >= 0.6 is 12.2 Å². The fraction of sp³-hybridized carbons (Fsp3) is 0.0952. The van der Waals surface area contributed by atoms with Crippen molar-refractivity contribution in [3.63, 3.8) is 0 Å². The van der Waals surface area contributed by atoms with Gasteiger partial charge >= 0.3 is 0 Å². The maximum Gasteiger partial charge on any atom is 0.171 e. The number of phenols is 2. The molecule has 0 aliphatic heterocycles. The van der Waals surface area contributed by atoms with Crippen molar-refractivity contribution in [3.05, 3.63) is 72.3 Å². The van der Waals surface area contributed by atoms with Crippen molar-refractivity contribution in [3.8, 4) is 28.4 Å². The predicted molar refractivity (Wildman–Crippen MR) is 111 cm³/mol. The minimum atomic E-state index is -0.162. The number of rotatable bonds is 5. The first-order chi connectivity index (χ1) is 13.1. The Balaban J connectivity index is 1.71. The molecule has 0 aliphatic carbocycles. The Hall–Kier alpha value is -3.25. The van der Waals surface area contributed by atoms with Crippen LogP contribution in [0.25, 0.3) is 11.1 Å². The highest BCUT2D eigenvalue weighted by Gasteiger charge is 2.08. The summed E-state index contributed by atoms with van der Waals surface area (Å²) in [5.74, 6) is 0.369. The number of anilines is 1. The topological polar surface area (TPSA) is 73.8 Å². The van der Waals surface area contributed by atoms with Crippen LogP contribution in [0.3, 0.4) is 0 Å². The lowest BCUT2D eigenvalue weighted by Gasteiger charge is -2.15. The number of ether oxygens (including phenoxy) is 1. The summed E-state index contributed by atoms with van der Waals surface area (Å²) in [6.07, 6.45) is 0. The molecular weight excluding hydrogens is 360 g/mol. The van der Waals surface area contributed by atoms with Gasteiger partial charge < -0.3 is 25.6 Å². The van der Waals surface area contributed by atoms with Gasteiger partial charge in [-0.1, -0.05) is 42.5 Å². The van der Waals surface area contributed by atoms with Crippen LogP contribution in [-0.2, 0) is 6.54 Å². The molecule has 5 nitrogen and oxygen atoms in total. The maximum absolute atomic E-state index is 9.56. The summed E-state index contributed by atoms with van der Waals surface area (Å²) in [5, 5.41) is 25.6. The van der Waals surface area contributed by atoms with Crippen LogP contribution in [0, 0.1) is 0 Å². The number of nitrogens with one attached hydrogen (secondary N) is 2. The Morgan fingerprint density at radius 3 is 2.41 bits per heavy atom. The Kier molecular flexibility index (Phi) is 5.78. The Morgan fingerprint density at radius 1 is 0.926 bits per heavy atom. The van der Waals surface area contributed by atoms with Gasteiger partial charge in [0.2, 0.25) is 0 Å². The van der Waals surface area contributed by atoms with Gasteiger partial charge in [-0.25, -0.2) is 0 Å². The van der Waals surface area contributed by atoms with Crippen LogP contribution in [0.15, 0.2) is 66.7 Å². The number of hydrogen-bond donors (Lipinski definition) is 4. The molecule has 0 unspecified atom stereocenters. The van der Waals surface area contributed by atoms with Crippen LogP contribution in [0.5, 0.6) is 17.2 Å². The molecule has 0 atom stereocenters. The summed E-state index contributed by atoms with van der Waals surface area (Å²) in [6, 6.07) is 20.6. The van der Waals surface area contributed by atoms with Crippen molar-refractivity contribution in [2.75, 3.05) is 12.4 Å². The minimum absolute atomic E-state index is 0.151. The largest absolute Gasteiger partial charge is 0.504 e. The lowest BCUT2D eigenvalue weighted by Crippen LogP contribution is -2.28. The smallest absolute Gasteiger partial charge is 0.171 e.